The van der Waals surface area contributed by atoms with Gasteiger partial charge >= 0.3 is 13.8 Å². The summed E-state index contributed by atoms with van der Waals surface area (Å²) in [5.41, 5.74) is 3.15. The lowest BCUT2D eigenvalue weighted by Crippen LogP contribution is -2.45. The Kier molecular flexibility index (Phi) is 12.3. The first-order valence-corrected chi connectivity index (χ1v) is 14.0. The number of rotatable bonds is 11. The molecule has 1 aromatic carbocycles. The van der Waals surface area contributed by atoms with Crippen LogP contribution in [0.25, 0.3) is 0 Å². The Hall–Kier alpha value is -1.74. The molecule has 0 unspecified atom stereocenters. The van der Waals surface area contributed by atoms with Crippen molar-refractivity contribution in [3.8, 4) is 11.5 Å². The van der Waals surface area contributed by atoms with Crippen molar-refractivity contribution in [2.75, 3.05) is 6.61 Å². The third-order valence-electron chi connectivity index (χ3n) is 6.88. The van der Waals surface area contributed by atoms with Crippen LogP contribution < -0.4 is 21.8 Å². The summed E-state index contributed by atoms with van der Waals surface area (Å²) < 4.78 is 27.7. The van der Waals surface area contributed by atoms with Gasteiger partial charge in [0.25, 0.3) is 0 Å². The number of unbranched alkanes of at least 4 members (excludes halogenated alkanes) is 3. The van der Waals surface area contributed by atoms with Crippen LogP contribution in [-0.2, 0) is 20.3 Å². The quantitative estimate of drug-likeness (QED) is 0.0817. The zero-order valence-electron chi connectivity index (χ0n) is 22.3. The van der Waals surface area contributed by atoms with E-state index < -0.39 is 7.82 Å². The SMILES string of the molecule is CCCCCc1cc(OC(=O)CCCCOP(=O)(O)O)c2c(c1)OC(C)(C)[C@@H]1CC=C(C)C[C@@H]21.N.N. The third kappa shape index (κ3) is 8.68. The van der Waals surface area contributed by atoms with Gasteiger partial charge in [0.1, 0.15) is 17.1 Å². The summed E-state index contributed by atoms with van der Waals surface area (Å²) in [6, 6.07) is 4.14. The second-order valence-corrected chi connectivity index (χ2v) is 11.4. The fourth-order valence-corrected chi connectivity index (χ4v) is 5.50. The van der Waals surface area contributed by atoms with Gasteiger partial charge in [-0.15, -0.1) is 0 Å². The molecule has 1 heterocycles. The third-order valence-corrected chi connectivity index (χ3v) is 7.39. The smallest absolute Gasteiger partial charge is 0.469 e. The highest BCUT2D eigenvalue weighted by molar-refractivity contribution is 7.46. The largest absolute Gasteiger partial charge is 0.487 e. The molecule has 0 saturated carbocycles. The summed E-state index contributed by atoms with van der Waals surface area (Å²) in [5, 5.41) is 0. The zero-order chi connectivity index (χ0) is 24.9. The van der Waals surface area contributed by atoms with Gasteiger partial charge in [-0.1, -0.05) is 31.4 Å². The van der Waals surface area contributed by atoms with Crippen LogP contribution in [0, 0.1) is 5.92 Å². The van der Waals surface area contributed by atoms with Crippen molar-refractivity contribution < 1.29 is 33.1 Å². The second-order valence-electron chi connectivity index (χ2n) is 10.1. The summed E-state index contributed by atoms with van der Waals surface area (Å²) in [6.45, 7) is 8.53. The maximum absolute atomic E-state index is 12.7. The number of hydrogen-bond donors (Lipinski definition) is 4. The van der Waals surface area contributed by atoms with Gasteiger partial charge in [0.05, 0.1) is 6.61 Å². The molecule has 1 aromatic rings. The number of benzene rings is 1. The number of hydrogen-bond acceptors (Lipinski definition) is 7. The number of esters is 1. The maximum atomic E-state index is 12.7. The minimum atomic E-state index is -4.48. The number of phosphoric ester groups is 1. The van der Waals surface area contributed by atoms with Crippen molar-refractivity contribution >= 4 is 13.8 Å². The number of carbonyl (C=O) groups excluding carboxylic acids is 1. The average Bonchev–Trinajstić information content (AvgIpc) is 2.72. The van der Waals surface area contributed by atoms with E-state index in [-0.39, 0.29) is 42.8 Å². The molecule has 10 heteroatoms. The lowest BCUT2D eigenvalue weighted by molar-refractivity contribution is -0.134. The fraction of sp³-hybridized carbons (Fsp3) is 0.654. The molecule has 9 nitrogen and oxygen atoms in total. The molecule has 36 heavy (non-hydrogen) atoms. The van der Waals surface area contributed by atoms with Gasteiger partial charge in [-0.3, -0.25) is 9.32 Å². The molecule has 0 spiro atoms. The molecule has 2 aliphatic rings. The van der Waals surface area contributed by atoms with Crippen molar-refractivity contribution in [1.29, 1.82) is 0 Å². The van der Waals surface area contributed by atoms with Crippen molar-refractivity contribution in [2.45, 2.75) is 97.0 Å². The first-order valence-electron chi connectivity index (χ1n) is 12.4. The van der Waals surface area contributed by atoms with E-state index in [0.717, 1.165) is 55.4 Å². The highest BCUT2D eigenvalue weighted by Gasteiger charge is 2.46. The highest BCUT2D eigenvalue weighted by Crippen LogP contribution is 2.54. The molecular formula is C26H45N2O7P. The predicted molar refractivity (Wildman–Crippen MR) is 141 cm³/mol. The van der Waals surface area contributed by atoms with Gasteiger partial charge in [0.15, 0.2) is 0 Å². The van der Waals surface area contributed by atoms with E-state index in [2.05, 4.69) is 44.4 Å². The molecule has 206 valence electrons. The minimum absolute atomic E-state index is 0. The molecule has 0 fully saturated rings. The summed E-state index contributed by atoms with van der Waals surface area (Å²) in [5.74, 6) is 1.60. The molecule has 2 atom stereocenters. The Morgan fingerprint density at radius 2 is 1.89 bits per heavy atom. The van der Waals surface area contributed by atoms with Crippen LogP contribution in [0.1, 0.15) is 96.1 Å². The molecule has 0 radical (unpaired) electrons. The van der Waals surface area contributed by atoms with E-state index in [1.54, 1.807) is 0 Å². The first kappa shape index (κ1) is 32.3. The number of carbonyl (C=O) groups is 1. The van der Waals surface area contributed by atoms with Crippen LogP contribution in [-0.4, -0.2) is 28.0 Å². The monoisotopic (exact) mass is 528 g/mol. The standard InChI is InChI=1S/C26H39O7P.2H3N/c1-5-6-7-10-19-16-22(32-24(27)11-8-9-14-31-34(28,29)30)25-20-15-18(2)12-13-21(20)26(3,4)33-23(25)17-19;;/h12,16-17,20-21H,5-11,13-15H2,1-4H3,(H2,28,29,30);2*1H3/t20-,21-;;/m1../s1. The van der Waals surface area contributed by atoms with Gasteiger partial charge in [-0.2, -0.15) is 0 Å². The van der Waals surface area contributed by atoms with Crippen molar-refractivity contribution in [3.05, 3.63) is 34.9 Å². The van der Waals surface area contributed by atoms with Crippen molar-refractivity contribution in [2.24, 2.45) is 5.92 Å². The van der Waals surface area contributed by atoms with Crippen LogP contribution in [0.4, 0.5) is 0 Å². The summed E-state index contributed by atoms with van der Waals surface area (Å²) in [7, 11) is -4.48. The van der Waals surface area contributed by atoms with E-state index in [1.165, 1.54) is 5.57 Å². The molecule has 0 amide bonds. The zero-order valence-corrected chi connectivity index (χ0v) is 23.1. The van der Waals surface area contributed by atoms with E-state index in [9.17, 15) is 9.36 Å². The molecule has 0 aromatic heterocycles. The Balaban J connectivity index is 0.00000324. The fourth-order valence-electron chi connectivity index (χ4n) is 5.14. The molecule has 3 rings (SSSR count). The van der Waals surface area contributed by atoms with Gasteiger partial charge in [-0.05, 0) is 77.0 Å². The molecule has 1 aliphatic heterocycles. The molecule has 0 saturated heterocycles. The van der Waals surface area contributed by atoms with Crippen LogP contribution >= 0.6 is 7.82 Å². The molecule has 8 N–H and O–H groups in total. The van der Waals surface area contributed by atoms with Crippen molar-refractivity contribution in [3.63, 3.8) is 0 Å². The molecular weight excluding hydrogens is 483 g/mol. The van der Waals surface area contributed by atoms with E-state index in [1.807, 2.05) is 6.07 Å². The van der Waals surface area contributed by atoms with E-state index >= 15 is 0 Å². The Bertz CT molecular complexity index is 958. The lowest BCUT2D eigenvalue weighted by Gasteiger charge is -2.47. The van der Waals surface area contributed by atoms with Gasteiger partial charge in [0, 0.05) is 23.8 Å². The summed E-state index contributed by atoms with van der Waals surface area (Å²) in [4.78, 5) is 30.2. The van der Waals surface area contributed by atoms with Crippen LogP contribution in [0.5, 0.6) is 11.5 Å². The summed E-state index contributed by atoms with van der Waals surface area (Å²) in [6.07, 6.45) is 9.34. The Morgan fingerprint density at radius 3 is 2.56 bits per heavy atom. The van der Waals surface area contributed by atoms with Crippen LogP contribution in [0.15, 0.2) is 23.8 Å². The van der Waals surface area contributed by atoms with Gasteiger partial charge in [-0.25, -0.2) is 4.57 Å². The lowest BCUT2D eigenvalue weighted by atomic mass is 9.67. The number of allylic oxidation sites excluding steroid dienone is 2. The van der Waals surface area contributed by atoms with Gasteiger partial charge < -0.3 is 31.6 Å². The summed E-state index contributed by atoms with van der Waals surface area (Å²) >= 11 is 0. The van der Waals surface area contributed by atoms with Crippen LogP contribution in [0.2, 0.25) is 0 Å². The average molecular weight is 529 g/mol. The minimum Gasteiger partial charge on any atom is -0.487 e. The Labute approximate surface area is 215 Å². The number of ether oxygens (including phenoxy) is 2. The normalized spacial score (nSPS) is 20.0. The first-order chi connectivity index (χ1) is 16.0. The number of fused-ring (bicyclic) bond motifs is 3. The van der Waals surface area contributed by atoms with Crippen molar-refractivity contribution in [1.82, 2.24) is 12.3 Å². The number of phosphoric acid groups is 1. The number of aryl methyl sites for hydroxylation is 1. The van der Waals surface area contributed by atoms with E-state index in [0.29, 0.717) is 24.5 Å². The Morgan fingerprint density at radius 1 is 1.17 bits per heavy atom. The molecule has 0 bridgehead atoms. The van der Waals surface area contributed by atoms with Crippen LogP contribution in [0.3, 0.4) is 0 Å². The molecule has 1 aliphatic carbocycles. The predicted octanol–water partition coefficient (Wildman–Crippen LogP) is 6.54. The topological polar surface area (TPSA) is 172 Å². The highest BCUT2D eigenvalue weighted by atomic mass is 31.2. The van der Waals surface area contributed by atoms with Gasteiger partial charge in [0.2, 0.25) is 0 Å². The maximum Gasteiger partial charge on any atom is 0.469 e. The van der Waals surface area contributed by atoms with E-state index in [4.69, 9.17) is 19.3 Å². The second kappa shape index (κ2) is 13.7.